The molecule has 10 heteroatoms. The van der Waals surface area contributed by atoms with Crippen molar-refractivity contribution >= 4 is 34.7 Å². The number of aromatic nitrogens is 5. The minimum Gasteiger partial charge on any atom is -0.383 e. The summed E-state index contributed by atoms with van der Waals surface area (Å²) < 4.78 is 12.6. The van der Waals surface area contributed by atoms with Crippen molar-refractivity contribution in [3.05, 3.63) is 52.6 Å². The molecule has 0 aliphatic carbocycles. The molecule has 3 aromatic heterocycles. The molecular weight excluding hydrogens is 418 g/mol. The predicted molar refractivity (Wildman–Crippen MR) is 110 cm³/mol. The van der Waals surface area contributed by atoms with Crippen LogP contribution in [0, 0.1) is 0 Å². The Balaban J connectivity index is 1.51. The van der Waals surface area contributed by atoms with Gasteiger partial charge in [-0.15, -0.1) is 21.5 Å². The van der Waals surface area contributed by atoms with Crippen LogP contribution in [0.3, 0.4) is 0 Å². The summed E-state index contributed by atoms with van der Waals surface area (Å²) in [7, 11) is 1.68. The zero-order valence-corrected chi connectivity index (χ0v) is 17.3. The molecule has 28 heavy (non-hydrogen) atoms. The first kappa shape index (κ1) is 19.1. The van der Waals surface area contributed by atoms with Gasteiger partial charge in [0.1, 0.15) is 0 Å². The Morgan fingerprint density at radius 2 is 2.18 bits per heavy atom. The number of ether oxygens (including phenoxy) is 1. The summed E-state index contributed by atoms with van der Waals surface area (Å²) >= 11 is 9.16. The van der Waals surface area contributed by atoms with Crippen molar-refractivity contribution < 1.29 is 9.26 Å². The van der Waals surface area contributed by atoms with E-state index in [0.29, 0.717) is 35.6 Å². The van der Waals surface area contributed by atoms with Gasteiger partial charge in [0, 0.05) is 17.7 Å². The van der Waals surface area contributed by atoms with Gasteiger partial charge in [-0.3, -0.25) is 4.57 Å². The topological polar surface area (TPSA) is 78.9 Å². The first-order valence-electron chi connectivity index (χ1n) is 8.42. The second-order valence-electron chi connectivity index (χ2n) is 5.74. The van der Waals surface area contributed by atoms with Crippen LogP contribution < -0.4 is 0 Å². The van der Waals surface area contributed by atoms with Gasteiger partial charge in [0.05, 0.1) is 23.8 Å². The Labute approximate surface area is 174 Å². The number of thioether (sulfide) groups is 1. The highest BCUT2D eigenvalue weighted by atomic mass is 35.5. The van der Waals surface area contributed by atoms with Gasteiger partial charge >= 0.3 is 0 Å². The highest BCUT2D eigenvalue weighted by Crippen LogP contribution is 2.29. The molecule has 0 unspecified atom stereocenters. The fraction of sp³-hybridized carbons (Fsp3) is 0.222. The highest BCUT2D eigenvalue weighted by molar-refractivity contribution is 7.98. The lowest BCUT2D eigenvalue weighted by Gasteiger charge is -2.07. The van der Waals surface area contributed by atoms with Crippen LogP contribution in [0.1, 0.15) is 5.82 Å². The van der Waals surface area contributed by atoms with E-state index in [1.54, 1.807) is 30.6 Å². The molecular formula is C18H16ClN5O2S2. The van der Waals surface area contributed by atoms with Crippen LogP contribution in [-0.4, -0.2) is 38.6 Å². The van der Waals surface area contributed by atoms with Crippen molar-refractivity contribution in [3.8, 4) is 22.2 Å². The smallest absolute Gasteiger partial charge is 0.258 e. The Bertz CT molecular complexity index is 1050. The average molecular weight is 434 g/mol. The fourth-order valence-corrected chi connectivity index (χ4v) is 4.26. The molecule has 4 aromatic rings. The standard InChI is InChI=1S/C18H16ClN5O2S2/c1-25-8-7-24-16(14-6-3-9-27-14)21-22-18(24)28-11-15-20-17(26-23-15)12-4-2-5-13(19)10-12/h2-6,9-10H,7-8,11H2,1H3. The lowest BCUT2D eigenvalue weighted by atomic mass is 10.2. The summed E-state index contributed by atoms with van der Waals surface area (Å²) in [6, 6.07) is 11.4. The van der Waals surface area contributed by atoms with Crippen LogP contribution in [0.4, 0.5) is 0 Å². The SMILES string of the molecule is COCCn1c(SCc2noc(-c3cccc(Cl)c3)n2)nnc1-c1cccs1. The highest BCUT2D eigenvalue weighted by Gasteiger charge is 2.17. The zero-order chi connectivity index (χ0) is 19.3. The summed E-state index contributed by atoms with van der Waals surface area (Å²) in [4.78, 5) is 5.52. The second kappa shape index (κ2) is 8.87. The third-order valence-corrected chi connectivity index (χ3v) is 5.91. The number of rotatable bonds is 8. The normalized spacial score (nSPS) is 11.2. The largest absolute Gasteiger partial charge is 0.383 e. The Morgan fingerprint density at radius 1 is 1.25 bits per heavy atom. The summed E-state index contributed by atoms with van der Waals surface area (Å²) in [5.41, 5.74) is 0.791. The summed E-state index contributed by atoms with van der Waals surface area (Å²) in [6.45, 7) is 1.24. The van der Waals surface area contributed by atoms with Gasteiger partial charge in [-0.1, -0.05) is 40.7 Å². The van der Waals surface area contributed by atoms with E-state index in [4.69, 9.17) is 20.9 Å². The molecule has 0 atom stereocenters. The number of nitrogens with zero attached hydrogens (tertiary/aromatic N) is 5. The molecule has 0 amide bonds. The third kappa shape index (κ3) is 4.27. The van der Waals surface area contributed by atoms with Crippen molar-refractivity contribution in [2.45, 2.75) is 17.5 Å². The molecule has 0 saturated heterocycles. The quantitative estimate of drug-likeness (QED) is 0.374. The molecule has 0 radical (unpaired) electrons. The lowest BCUT2D eigenvalue weighted by Crippen LogP contribution is -2.07. The van der Waals surface area contributed by atoms with Crippen molar-refractivity contribution in [3.63, 3.8) is 0 Å². The molecule has 144 valence electrons. The molecule has 4 rings (SSSR count). The summed E-state index contributed by atoms with van der Waals surface area (Å²) in [5, 5.41) is 16.2. The van der Waals surface area contributed by atoms with Gasteiger partial charge in [0.25, 0.3) is 5.89 Å². The number of benzene rings is 1. The molecule has 3 heterocycles. The molecule has 0 bridgehead atoms. The van der Waals surface area contributed by atoms with Crippen molar-refractivity contribution in [1.29, 1.82) is 0 Å². The molecule has 0 saturated carbocycles. The first-order valence-corrected chi connectivity index (χ1v) is 10.7. The van der Waals surface area contributed by atoms with Gasteiger partial charge in [-0.2, -0.15) is 4.98 Å². The van der Waals surface area contributed by atoms with Crippen LogP contribution in [0.2, 0.25) is 5.02 Å². The third-order valence-electron chi connectivity index (χ3n) is 3.85. The Morgan fingerprint density at radius 3 is 2.96 bits per heavy atom. The van der Waals surface area contributed by atoms with Crippen LogP contribution in [-0.2, 0) is 17.0 Å². The first-order chi connectivity index (χ1) is 13.7. The number of methoxy groups -OCH3 is 1. The van der Waals surface area contributed by atoms with Crippen molar-refractivity contribution in [2.75, 3.05) is 13.7 Å². The Hall–Kier alpha value is -2.20. The minimum atomic E-state index is 0.443. The molecule has 0 aliphatic heterocycles. The van der Waals surface area contributed by atoms with Gasteiger partial charge in [-0.05, 0) is 29.6 Å². The molecule has 0 aliphatic rings. The zero-order valence-electron chi connectivity index (χ0n) is 14.9. The lowest BCUT2D eigenvalue weighted by molar-refractivity contribution is 0.185. The van der Waals surface area contributed by atoms with E-state index in [1.165, 1.54) is 11.8 Å². The molecule has 0 spiro atoms. The van der Waals surface area contributed by atoms with E-state index in [9.17, 15) is 0 Å². The van der Waals surface area contributed by atoms with E-state index >= 15 is 0 Å². The van der Waals surface area contributed by atoms with E-state index in [-0.39, 0.29) is 0 Å². The maximum atomic E-state index is 6.03. The van der Waals surface area contributed by atoms with Gasteiger partial charge in [0.15, 0.2) is 16.8 Å². The van der Waals surface area contributed by atoms with E-state index < -0.39 is 0 Å². The van der Waals surface area contributed by atoms with Crippen LogP contribution in [0.25, 0.3) is 22.2 Å². The number of halogens is 1. The van der Waals surface area contributed by atoms with Crippen LogP contribution in [0.5, 0.6) is 0 Å². The molecule has 1 aromatic carbocycles. The predicted octanol–water partition coefficient (Wildman–Crippen LogP) is 4.65. The van der Waals surface area contributed by atoms with E-state index in [2.05, 4.69) is 24.9 Å². The minimum absolute atomic E-state index is 0.443. The van der Waals surface area contributed by atoms with Crippen molar-refractivity contribution in [1.82, 2.24) is 24.9 Å². The van der Waals surface area contributed by atoms with Crippen LogP contribution in [0.15, 0.2) is 51.5 Å². The van der Waals surface area contributed by atoms with Gasteiger partial charge in [0.2, 0.25) is 0 Å². The maximum absolute atomic E-state index is 6.03. The molecule has 0 fully saturated rings. The Kier molecular flexibility index (Phi) is 6.06. The van der Waals surface area contributed by atoms with Gasteiger partial charge < -0.3 is 9.26 Å². The van der Waals surface area contributed by atoms with Crippen LogP contribution >= 0.6 is 34.7 Å². The van der Waals surface area contributed by atoms with Crippen molar-refractivity contribution in [2.24, 2.45) is 0 Å². The second-order valence-corrected chi connectivity index (χ2v) is 8.07. The number of thiophene rings is 1. The fourth-order valence-electron chi connectivity index (χ4n) is 2.55. The summed E-state index contributed by atoms with van der Waals surface area (Å²) in [5.74, 6) is 2.37. The molecule has 7 nitrogen and oxygen atoms in total. The average Bonchev–Trinajstić information content (AvgIpc) is 3.45. The molecule has 0 N–H and O–H groups in total. The maximum Gasteiger partial charge on any atom is 0.258 e. The van der Waals surface area contributed by atoms with Gasteiger partial charge in [-0.25, -0.2) is 0 Å². The number of hydrogen-bond donors (Lipinski definition) is 0. The summed E-state index contributed by atoms with van der Waals surface area (Å²) in [6.07, 6.45) is 0. The monoisotopic (exact) mass is 433 g/mol. The van der Waals surface area contributed by atoms with E-state index in [1.807, 2.05) is 29.6 Å². The van der Waals surface area contributed by atoms with E-state index in [0.717, 1.165) is 21.4 Å². The number of hydrogen-bond acceptors (Lipinski definition) is 8.